The van der Waals surface area contributed by atoms with Crippen molar-refractivity contribution in [1.29, 1.82) is 0 Å². The number of carbonyl (C=O) groups excluding carboxylic acids is 2. The Morgan fingerprint density at radius 2 is 1.50 bits per heavy atom. The van der Waals surface area contributed by atoms with E-state index in [1.165, 1.54) is 35.5 Å². The molecule has 0 amide bonds. The van der Waals surface area contributed by atoms with Crippen molar-refractivity contribution in [2.24, 2.45) is 11.3 Å². The molecule has 0 bridgehead atoms. The maximum absolute atomic E-state index is 13.1. The second-order valence-electron chi connectivity index (χ2n) is 7.52. The van der Waals surface area contributed by atoms with Crippen molar-refractivity contribution in [2.45, 2.75) is 19.9 Å². The zero-order valence-corrected chi connectivity index (χ0v) is 18.9. The highest BCUT2D eigenvalue weighted by Gasteiger charge is 2.63. The minimum Gasteiger partial charge on any atom is -0.493 e. The molecule has 1 atom stereocenters. The number of rotatable bonds is 7. The van der Waals surface area contributed by atoms with Crippen LogP contribution in [0, 0.1) is 11.3 Å². The molecule has 166 valence electrons. The third-order valence-electron chi connectivity index (χ3n) is 5.52. The third kappa shape index (κ3) is 3.71. The van der Waals surface area contributed by atoms with Gasteiger partial charge in [-0.3, -0.25) is 14.5 Å². The van der Waals surface area contributed by atoms with Gasteiger partial charge in [-0.25, -0.2) is 0 Å². The highest BCUT2D eigenvalue weighted by Crippen LogP contribution is 2.47. The van der Waals surface area contributed by atoms with Crippen LogP contribution in [0.2, 0.25) is 0 Å². The lowest BCUT2D eigenvalue weighted by molar-refractivity contribution is -0.169. The van der Waals surface area contributed by atoms with E-state index in [2.05, 4.69) is 0 Å². The Kier molecular flexibility index (Phi) is 7.36. The molecule has 1 aromatic carbocycles. The second-order valence-corrected chi connectivity index (χ2v) is 7.52. The van der Waals surface area contributed by atoms with Gasteiger partial charge in [0.05, 0.1) is 35.5 Å². The average Bonchev–Trinajstić information content (AvgIpc) is 3.03. The maximum Gasteiger partial charge on any atom is 0.329 e. The molecule has 0 aliphatic carbocycles. The number of likely N-dealkylation sites (tertiary alicyclic amines) is 1. The van der Waals surface area contributed by atoms with Crippen molar-refractivity contribution in [3.05, 3.63) is 23.3 Å². The summed E-state index contributed by atoms with van der Waals surface area (Å²) in [6, 6.07) is 3.10. The first-order chi connectivity index (χ1) is 14.2. The van der Waals surface area contributed by atoms with Crippen molar-refractivity contribution >= 4 is 18.0 Å². The zero-order valence-electron chi connectivity index (χ0n) is 18.9. The Labute approximate surface area is 177 Å². The smallest absolute Gasteiger partial charge is 0.329 e. The molecule has 0 saturated carbocycles. The summed E-state index contributed by atoms with van der Waals surface area (Å²) >= 11 is 0. The van der Waals surface area contributed by atoms with Crippen molar-refractivity contribution < 1.29 is 33.3 Å². The molecule has 1 aromatic rings. The number of ether oxygens (including phenoxy) is 5. The maximum atomic E-state index is 13.1. The summed E-state index contributed by atoms with van der Waals surface area (Å²) in [5, 5.41) is 0. The number of likely N-dealkylation sites (N-methyl/N-ethyl adjacent to an activating group) is 1. The average molecular weight is 421 g/mol. The van der Waals surface area contributed by atoms with Gasteiger partial charge >= 0.3 is 11.9 Å². The molecule has 1 heterocycles. The van der Waals surface area contributed by atoms with Crippen LogP contribution >= 0.6 is 0 Å². The van der Waals surface area contributed by atoms with E-state index < -0.39 is 23.4 Å². The number of benzene rings is 1. The van der Waals surface area contributed by atoms with Crippen molar-refractivity contribution in [3.8, 4) is 17.2 Å². The molecule has 30 heavy (non-hydrogen) atoms. The molecule has 0 radical (unpaired) electrons. The van der Waals surface area contributed by atoms with Gasteiger partial charge in [-0.15, -0.1) is 0 Å². The SMILES string of the molecule is COC(=O)C1(C(=O)OC)/C(=C/c2cc(OC)c(OC)c(OC)c2)CN(C)[C@@H]1C(C)C. The fourth-order valence-electron chi connectivity index (χ4n) is 4.48. The Bertz CT molecular complexity index is 790. The number of hydrogen-bond donors (Lipinski definition) is 0. The highest BCUT2D eigenvalue weighted by atomic mass is 16.5. The summed E-state index contributed by atoms with van der Waals surface area (Å²) in [4.78, 5) is 28.1. The normalized spacial score (nSPS) is 19.6. The van der Waals surface area contributed by atoms with E-state index in [4.69, 9.17) is 23.7 Å². The summed E-state index contributed by atoms with van der Waals surface area (Å²) in [6.07, 6.45) is 1.79. The van der Waals surface area contributed by atoms with Gasteiger partial charge < -0.3 is 23.7 Å². The summed E-state index contributed by atoms with van der Waals surface area (Å²) in [6.45, 7) is 4.32. The van der Waals surface area contributed by atoms with Gasteiger partial charge in [0.1, 0.15) is 0 Å². The molecule has 8 heteroatoms. The molecule has 0 N–H and O–H groups in total. The molecule has 1 aliphatic heterocycles. The van der Waals surface area contributed by atoms with Crippen LogP contribution in [0.25, 0.3) is 6.08 Å². The Hall–Kier alpha value is -2.74. The molecule has 0 unspecified atom stereocenters. The van der Waals surface area contributed by atoms with Crippen LogP contribution in [-0.4, -0.2) is 72.0 Å². The van der Waals surface area contributed by atoms with Crippen LogP contribution in [0.1, 0.15) is 19.4 Å². The first kappa shape index (κ1) is 23.5. The first-order valence-electron chi connectivity index (χ1n) is 9.60. The predicted molar refractivity (Wildman–Crippen MR) is 112 cm³/mol. The summed E-state index contributed by atoms with van der Waals surface area (Å²) < 4.78 is 26.4. The fraction of sp³-hybridized carbons (Fsp3) is 0.545. The van der Waals surface area contributed by atoms with E-state index in [9.17, 15) is 9.59 Å². The minimum atomic E-state index is -1.58. The molecule has 2 rings (SSSR count). The monoisotopic (exact) mass is 421 g/mol. The molecule has 1 aliphatic rings. The van der Waals surface area contributed by atoms with E-state index in [0.717, 1.165) is 0 Å². The van der Waals surface area contributed by atoms with Gasteiger partial charge in [-0.2, -0.15) is 0 Å². The zero-order chi connectivity index (χ0) is 22.6. The van der Waals surface area contributed by atoms with Gasteiger partial charge in [0.2, 0.25) is 11.2 Å². The Balaban J connectivity index is 2.78. The van der Waals surface area contributed by atoms with Crippen LogP contribution in [0.5, 0.6) is 17.2 Å². The number of methoxy groups -OCH3 is 5. The minimum absolute atomic E-state index is 0.0148. The van der Waals surface area contributed by atoms with Crippen molar-refractivity contribution in [3.63, 3.8) is 0 Å². The third-order valence-corrected chi connectivity index (χ3v) is 5.52. The number of nitrogens with zero attached hydrogens (tertiary/aromatic N) is 1. The summed E-state index contributed by atoms with van der Waals surface area (Å²) in [5.74, 6) is 0.0959. The van der Waals surface area contributed by atoms with Crippen molar-refractivity contribution in [1.82, 2.24) is 4.90 Å². The van der Waals surface area contributed by atoms with Crippen LogP contribution in [0.3, 0.4) is 0 Å². The molecular formula is C22H31NO7. The molecule has 1 saturated heterocycles. The van der Waals surface area contributed by atoms with Gasteiger partial charge in [0.15, 0.2) is 11.5 Å². The lowest BCUT2D eigenvalue weighted by Crippen LogP contribution is -2.53. The van der Waals surface area contributed by atoms with Crippen LogP contribution in [-0.2, 0) is 19.1 Å². The summed E-state index contributed by atoms with van der Waals surface area (Å²) in [7, 11) is 9.01. The van der Waals surface area contributed by atoms with Gasteiger partial charge in [-0.05, 0) is 36.2 Å². The molecule has 1 fully saturated rings. The quantitative estimate of drug-likeness (QED) is 0.490. The standard InChI is InChI=1S/C22H31NO7/c1-13(2)19-22(20(24)29-7,21(25)30-8)15(12-23(19)3)9-14-10-16(26-4)18(28-6)17(11-14)27-5/h9-11,13,19H,12H2,1-8H3/b15-9+/t19-/m1/s1. The van der Waals surface area contributed by atoms with E-state index in [-0.39, 0.29) is 5.92 Å². The Morgan fingerprint density at radius 1 is 1.00 bits per heavy atom. The number of carbonyl (C=O) groups is 2. The summed E-state index contributed by atoms with van der Waals surface area (Å²) in [5.41, 5.74) is -0.307. The van der Waals surface area contributed by atoms with Crippen LogP contribution in [0.4, 0.5) is 0 Å². The fourth-order valence-corrected chi connectivity index (χ4v) is 4.48. The van der Waals surface area contributed by atoms with E-state index in [0.29, 0.717) is 34.9 Å². The van der Waals surface area contributed by atoms with E-state index in [1.807, 2.05) is 25.8 Å². The van der Waals surface area contributed by atoms with Crippen LogP contribution < -0.4 is 14.2 Å². The lowest BCUT2D eigenvalue weighted by Gasteiger charge is -2.35. The highest BCUT2D eigenvalue weighted by molar-refractivity contribution is 6.06. The second kappa shape index (κ2) is 9.38. The molecule has 0 spiro atoms. The first-order valence-corrected chi connectivity index (χ1v) is 9.60. The van der Waals surface area contributed by atoms with Gasteiger partial charge in [-0.1, -0.05) is 19.9 Å². The molecule has 8 nitrogen and oxygen atoms in total. The largest absolute Gasteiger partial charge is 0.493 e. The van der Waals surface area contributed by atoms with E-state index >= 15 is 0 Å². The predicted octanol–water partition coefficient (Wildman–Crippen LogP) is 2.40. The molecule has 0 aromatic heterocycles. The molecular weight excluding hydrogens is 390 g/mol. The topological polar surface area (TPSA) is 83.5 Å². The number of esters is 2. The van der Waals surface area contributed by atoms with Gasteiger partial charge in [0.25, 0.3) is 0 Å². The van der Waals surface area contributed by atoms with Crippen LogP contribution in [0.15, 0.2) is 17.7 Å². The van der Waals surface area contributed by atoms with E-state index in [1.54, 1.807) is 18.2 Å². The van der Waals surface area contributed by atoms with Crippen molar-refractivity contribution in [2.75, 3.05) is 49.1 Å². The Morgan fingerprint density at radius 3 is 1.87 bits per heavy atom. The lowest BCUT2D eigenvalue weighted by atomic mass is 9.72. The number of hydrogen-bond acceptors (Lipinski definition) is 8. The van der Waals surface area contributed by atoms with Gasteiger partial charge in [0, 0.05) is 12.6 Å².